The molecule has 3 rings (SSSR count). The molecule has 3 aromatic rings. The van der Waals surface area contributed by atoms with Crippen LogP contribution >= 0.6 is 0 Å². The lowest BCUT2D eigenvalue weighted by atomic mass is 10.2. The number of aromatic nitrogens is 2. The molecule has 2 heterocycles. The van der Waals surface area contributed by atoms with Gasteiger partial charge in [0.2, 0.25) is 0 Å². The zero-order chi connectivity index (χ0) is 13.2. The van der Waals surface area contributed by atoms with Gasteiger partial charge in [-0.2, -0.15) is 5.26 Å². The highest BCUT2D eigenvalue weighted by Gasteiger charge is 2.05. The third-order valence-electron chi connectivity index (χ3n) is 2.83. The second kappa shape index (κ2) is 4.35. The molecule has 2 N–H and O–H groups in total. The predicted octanol–water partition coefficient (Wildman–Crippen LogP) is 2.66. The number of anilines is 2. The van der Waals surface area contributed by atoms with Crippen molar-refractivity contribution >= 4 is 17.0 Å². The lowest BCUT2D eigenvalue weighted by Crippen LogP contribution is -1.96. The van der Waals surface area contributed by atoms with Gasteiger partial charge >= 0.3 is 0 Å². The molecular weight excluding hydrogens is 240 g/mol. The third-order valence-corrected chi connectivity index (χ3v) is 2.83. The number of nitriles is 1. The van der Waals surface area contributed by atoms with E-state index in [0.717, 1.165) is 5.52 Å². The summed E-state index contributed by atoms with van der Waals surface area (Å²) in [5.74, 6) is 0.645. The molecule has 0 unspecified atom stereocenters. The molecule has 1 aromatic carbocycles. The van der Waals surface area contributed by atoms with Crippen molar-refractivity contribution in [3.05, 3.63) is 54.5 Å². The Kier molecular flexibility index (Phi) is 2.54. The normalized spacial score (nSPS) is 10.3. The standard InChI is InChI=1S/C14H10N4O/c15-9-10-3-4-11(8-13(10)19)17-14-12-2-1-6-18(12)7-5-16-14/h1-8,19H,(H,16,17). The number of phenols is 1. The van der Waals surface area contributed by atoms with E-state index in [9.17, 15) is 5.11 Å². The molecule has 0 bridgehead atoms. The van der Waals surface area contributed by atoms with Crippen LogP contribution in [0.1, 0.15) is 5.56 Å². The minimum Gasteiger partial charge on any atom is -0.506 e. The number of aromatic hydroxyl groups is 1. The molecule has 0 amide bonds. The number of hydrogen-bond acceptors (Lipinski definition) is 4. The number of benzene rings is 1. The summed E-state index contributed by atoms with van der Waals surface area (Å²) in [6, 6.07) is 10.6. The maximum Gasteiger partial charge on any atom is 0.154 e. The number of nitrogens with one attached hydrogen (secondary N) is 1. The maximum atomic E-state index is 9.65. The van der Waals surface area contributed by atoms with Crippen LogP contribution in [0.15, 0.2) is 48.9 Å². The first-order valence-electron chi connectivity index (χ1n) is 5.70. The van der Waals surface area contributed by atoms with E-state index in [-0.39, 0.29) is 11.3 Å². The van der Waals surface area contributed by atoms with Gasteiger partial charge in [-0.05, 0) is 24.3 Å². The van der Waals surface area contributed by atoms with Gasteiger partial charge in [-0.3, -0.25) is 0 Å². The highest BCUT2D eigenvalue weighted by Crippen LogP contribution is 2.25. The molecule has 0 radical (unpaired) electrons. The van der Waals surface area contributed by atoms with Crippen LogP contribution in [-0.2, 0) is 0 Å². The summed E-state index contributed by atoms with van der Waals surface area (Å²) in [5, 5.41) is 21.5. The van der Waals surface area contributed by atoms with Crippen molar-refractivity contribution in [2.75, 3.05) is 5.32 Å². The van der Waals surface area contributed by atoms with E-state index >= 15 is 0 Å². The van der Waals surface area contributed by atoms with Gasteiger partial charge in [0.25, 0.3) is 0 Å². The van der Waals surface area contributed by atoms with Gasteiger partial charge in [-0.1, -0.05) is 0 Å². The highest BCUT2D eigenvalue weighted by molar-refractivity contribution is 5.74. The van der Waals surface area contributed by atoms with Crippen molar-refractivity contribution in [3.8, 4) is 11.8 Å². The zero-order valence-corrected chi connectivity index (χ0v) is 9.91. The molecule has 0 aliphatic heterocycles. The molecule has 5 nitrogen and oxygen atoms in total. The van der Waals surface area contributed by atoms with Gasteiger partial charge < -0.3 is 14.8 Å². The molecule has 0 saturated heterocycles. The second-order valence-electron chi connectivity index (χ2n) is 4.05. The Morgan fingerprint density at radius 2 is 2.16 bits per heavy atom. The first kappa shape index (κ1) is 11.1. The molecule has 0 saturated carbocycles. The third kappa shape index (κ3) is 1.96. The topological polar surface area (TPSA) is 73.4 Å². The van der Waals surface area contributed by atoms with E-state index in [1.54, 1.807) is 18.3 Å². The van der Waals surface area contributed by atoms with Crippen LogP contribution in [-0.4, -0.2) is 14.5 Å². The van der Waals surface area contributed by atoms with Crippen molar-refractivity contribution in [2.24, 2.45) is 0 Å². The molecule has 0 aliphatic carbocycles. The summed E-state index contributed by atoms with van der Waals surface area (Å²) in [4.78, 5) is 4.27. The van der Waals surface area contributed by atoms with E-state index in [2.05, 4.69) is 10.3 Å². The van der Waals surface area contributed by atoms with Crippen molar-refractivity contribution in [3.63, 3.8) is 0 Å². The number of nitrogens with zero attached hydrogens (tertiary/aromatic N) is 3. The largest absolute Gasteiger partial charge is 0.506 e. The first-order chi connectivity index (χ1) is 9.28. The van der Waals surface area contributed by atoms with E-state index in [1.165, 1.54) is 6.07 Å². The van der Waals surface area contributed by atoms with Crippen LogP contribution in [0.25, 0.3) is 5.52 Å². The van der Waals surface area contributed by atoms with Crippen LogP contribution in [0.5, 0.6) is 5.75 Å². The van der Waals surface area contributed by atoms with Crippen LogP contribution in [0, 0.1) is 11.3 Å². The van der Waals surface area contributed by atoms with Crippen molar-refractivity contribution in [2.45, 2.75) is 0 Å². The van der Waals surface area contributed by atoms with E-state index in [4.69, 9.17) is 5.26 Å². The summed E-state index contributed by atoms with van der Waals surface area (Å²) in [7, 11) is 0. The Labute approximate surface area is 109 Å². The average molecular weight is 250 g/mol. The number of rotatable bonds is 2. The summed E-state index contributed by atoms with van der Waals surface area (Å²) < 4.78 is 1.94. The Morgan fingerprint density at radius 3 is 2.95 bits per heavy atom. The number of hydrogen-bond donors (Lipinski definition) is 2. The summed E-state index contributed by atoms with van der Waals surface area (Å²) in [6.45, 7) is 0. The number of phenolic OH excluding ortho intramolecular Hbond substituents is 1. The van der Waals surface area contributed by atoms with Crippen LogP contribution in [0.4, 0.5) is 11.5 Å². The molecule has 19 heavy (non-hydrogen) atoms. The fourth-order valence-electron chi connectivity index (χ4n) is 1.91. The first-order valence-corrected chi connectivity index (χ1v) is 5.70. The fourth-order valence-corrected chi connectivity index (χ4v) is 1.91. The van der Waals surface area contributed by atoms with Gasteiger partial charge in [-0.15, -0.1) is 0 Å². The van der Waals surface area contributed by atoms with Gasteiger partial charge in [-0.25, -0.2) is 4.98 Å². The Morgan fingerprint density at radius 1 is 1.26 bits per heavy atom. The van der Waals surface area contributed by atoms with Gasteiger partial charge in [0.05, 0.1) is 11.1 Å². The molecule has 0 spiro atoms. The summed E-state index contributed by atoms with van der Waals surface area (Å²) in [6.07, 6.45) is 5.48. The fraction of sp³-hybridized carbons (Fsp3) is 0. The molecule has 0 atom stereocenters. The van der Waals surface area contributed by atoms with Crippen molar-refractivity contribution < 1.29 is 5.11 Å². The Balaban J connectivity index is 1.99. The van der Waals surface area contributed by atoms with E-state index in [1.807, 2.05) is 35.0 Å². The summed E-state index contributed by atoms with van der Waals surface area (Å²) >= 11 is 0. The van der Waals surface area contributed by atoms with Gasteiger partial charge in [0.15, 0.2) is 5.82 Å². The quantitative estimate of drug-likeness (QED) is 0.733. The lowest BCUT2D eigenvalue weighted by molar-refractivity contribution is 0.474. The minimum atomic E-state index is -0.0464. The SMILES string of the molecule is N#Cc1ccc(Nc2nccn3cccc23)cc1O. The molecule has 5 heteroatoms. The Hall–Kier alpha value is -3.00. The Bertz CT molecular complexity index is 785. The van der Waals surface area contributed by atoms with E-state index < -0.39 is 0 Å². The van der Waals surface area contributed by atoms with Gasteiger partial charge in [0, 0.05) is 30.3 Å². The molecule has 0 fully saturated rings. The maximum absolute atomic E-state index is 9.65. The van der Waals surface area contributed by atoms with E-state index in [0.29, 0.717) is 11.5 Å². The predicted molar refractivity (Wildman–Crippen MR) is 71.3 cm³/mol. The highest BCUT2D eigenvalue weighted by atomic mass is 16.3. The molecule has 2 aromatic heterocycles. The van der Waals surface area contributed by atoms with Crippen LogP contribution < -0.4 is 5.32 Å². The number of fused-ring (bicyclic) bond motifs is 1. The van der Waals surface area contributed by atoms with Crippen molar-refractivity contribution in [1.82, 2.24) is 9.38 Å². The minimum absolute atomic E-state index is 0.0464. The monoisotopic (exact) mass is 250 g/mol. The summed E-state index contributed by atoms with van der Waals surface area (Å²) in [5.41, 5.74) is 1.86. The van der Waals surface area contributed by atoms with Crippen LogP contribution in [0.2, 0.25) is 0 Å². The molecular formula is C14H10N4O. The average Bonchev–Trinajstić information content (AvgIpc) is 2.88. The lowest BCUT2D eigenvalue weighted by Gasteiger charge is -2.08. The molecule has 92 valence electrons. The zero-order valence-electron chi connectivity index (χ0n) is 9.91. The van der Waals surface area contributed by atoms with Crippen LogP contribution in [0.3, 0.4) is 0 Å². The van der Waals surface area contributed by atoms with Gasteiger partial charge in [0.1, 0.15) is 11.8 Å². The smallest absolute Gasteiger partial charge is 0.154 e. The van der Waals surface area contributed by atoms with Crippen molar-refractivity contribution in [1.29, 1.82) is 5.26 Å². The molecule has 0 aliphatic rings. The second-order valence-corrected chi connectivity index (χ2v) is 4.05.